The van der Waals surface area contributed by atoms with Gasteiger partial charge in [-0.05, 0) is 124 Å². The maximum atomic E-state index is 13.9. The van der Waals surface area contributed by atoms with Crippen molar-refractivity contribution in [1.82, 2.24) is 14.4 Å². The maximum absolute atomic E-state index is 13.9. The van der Waals surface area contributed by atoms with Crippen molar-refractivity contribution in [3.63, 3.8) is 0 Å². The summed E-state index contributed by atoms with van der Waals surface area (Å²) in [5.41, 5.74) is 3.57. The number of carbonyl (C=O) groups is 1. The molecule has 4 fully saturated rings. The molecular weight excluding hydrogens is 474 g/mol. The summed E-state index contributed by atoms with van der Waals surface area (Å²) in [6, 6.07) is 10.1. The lowest BCUT2D eigenvalue weighted by Gasteiger charge is -2.52. The van der Waals surface area contributed by atoms with E-state index in [0.29, 0.717) is 41.2 Å². The number of hydrogen-bond donors (Lipinski definition) is 1. The molecule has 3 heterocycles. The first-order valence-corrected chi connectivity index (χ1v) is 15.0. The van der Waals surface area contributed by atoms with Crippen molar-refractivity contribution in [3.8, 4) is 5.75 Å². The summed E-state index contributed by atoms with van der Waals surface area (Å²) in [6.45, 7) is 5.78. The van der Waals surface area contributed by atoms with Crippen LogP contribution in [0.15, 0.2) is 41.3 Å². The van der Waals surface area contributed by atoms with E-state index in [1.54, 1.807) is 16.8 Å². The smallest absolute Gasteiger partial charge is 0.255 e. The molecule has 6 nitrogen and oxygen atoms in total. The second kappa shape index (κ2) is 9.25. The molecule has 1 amide bonds. The zero-order valence-corrected chi connectivity index (χ0v) is 22.6. The van der Waals surface area contributed by atoms with Crippen LogP contribution in [0.2, 0.25) is 0 Å². The Bertz CT molecular complexity index is 1300. The Balaban J connectivity index is 1.27. The first kappa shape index (κ1) is 24.4. The second-order valence-corrected chi connectivity index (χ2v) is 13.0. The van der Waals surface area contributed by atoms with Gasteiger partial charge in [0.05, 0.1) is 5.56 Å². The predicted molar refractivity (Wildman–Crippen MR) is 147 cm³/mol. The van der Waals surface area contributed by atoms with Gasteiger partial charge in [-0.2, -0.15) is 0 Å². The van der Waals surface area contributed by atoms with E-state index >= 15 is 0 Å². The van der Waals surface area contributed by atoms with Gasteiger partial charge in [0.1, 0.15) is 5.75 Å². The first-order chi connectivity index (χ1) is 18.4. The zero-order valence-electron chi connectivity index (χ0n) is 22.6. The number of benzene rings is 1. The lowest BCUT2D eigenvalue weighted by molar-refractivity contribution is -0.0160. The van der Waals surface area contributed by atoms with E-state index in [4.69, 9.17) is 0 Å². The van der Waals surface area contributed by atoms with Crippen LogP contribution in [0.5, 0.6) is 5.75 Å². The van der Waals surface area contributed by atoms with Gasteiger partial charge in [-0.15, -0.1) is 0 Å². The molecule has 38 heavy (non-hydrogen) atoms. The van der Waals surface area contributed by atoms with Crippen LogP contribution in [-0.4, -0.2) is 57.1 Å². The average Bonchev–Trinajstić information content (AvgIpc) is 3.67. The third kappa shape index (κ3) is 4.11. The fourth-order valence-electron chi connectivity index (χ4n) is 8.85. The highest BCUT2D eigenvalue weighted by atomic mass is 16.3. The van der Waals surface area contributed by atoms with Gasteiger partial charge in [-0.1, -0.05) is 6.07 Å². The molecule has 1 N–H and O–H groups in total. The number of fused-ring (bicyclic) bond motifs is 1. The Morgan fingerprint density at radius 3 is 2.76 bits per heavy atom. The number of aromatic nitrogens is 1. The molecule has 3 aliphatic carbocycles. The molecular formula is C32H41N3O3. The van der Waals surface area contributed by atoms with Crippen LogP contribution in [0.3, 0.4) is 0 Å². The standard InChI is InChI=1S/C32H41N3O3/c1-2-33-19-23(7-9-30(33)37)31(38)35-20-25-17-32-11-3-13-34(18-21-4-5-21)29(32)16-22-6-8-26(36)14-24(22)15-27(25)28(35)10-12-32/h6-9,14,19,21,25,27-29,36H,2-5,10-13,15-18,20H2,1H3/t25-,27?,28?,29?,32?/m1/s1. The van der Waals surface area contributed by atoms with Crippen LogP contribution in [0.1, 0.15) is 73.4 Å². The number of pyridine rings is 1. The van der Waals surface area contributed by atoms with E-state index in [9.17, 15) is 14.7 Å². The number of phenols is 1. The maximum Gasteiger partial charge on any atom is 0.255 e. The minimum absolute atomic E-state index is 0.0570. The minimum atomic E-state index is -0.0570. The van der Waals surface area contributed by atoms with Gasteiger partial charge in [0.25, 0.3) is 11.5 Å². The van der Waals surface area contributed by atoms with Gasteiger partial charge in [0.15, 0.2) is 0 Å². The minimum Gasteiger partial charge on any atom is -0.508 e. The number of amides is 1. The van der Waals surface area contributed by atoms with Crippen LogP contribution in [0.4, 0.5) is 0 Å². The number of piperidine rings is 1. The zero-order chi connectivity index (χ0) is 26.0. The molecule has 0 radical (unpaired) electrons. The SMILES string of the molecule is CCn1cc(C(=O)N2C[C@H]3CC45CCCN(CC6CC6)C4Cc4ccc(O)cc4CC3C2CC5)ccc1=O. The quantitative estimate of drug-likeness (QED) is 0.652. The molecule has 1 spiro atoms. The van der Waals surface area contributed by atoms with Crippen LogP contribution in [-0.2, 0) is 19.4 Å². The molecule has 5 aliphatic rings. The summed E-state index contributed by atoms with van der Waals surface area (Å²) in [5.74, 6) is 2.19. The first-order valence-electron chi connectivity index (χ1n) is 15.0. The van der Waals surface area contributed by atoms with Crippen molar-refractivity contribution in [2.24, 2.45) is 23.2 Å². The van der Waals surface area contributed by atoms with Gasteiger partial charge in [0.2, 0.25) is 0 Å². The highest BCUT2D eigenvalue weighted by molar-refractivity contribution is 5.94. The summed E-state index contributed by atoms with van der Waals surface area (Å²) in [4.78, 5) is 31.1. The third-order valence-electron chi connectivity index (χ3n) is 10.9. The molecule has 7 rings (SSSR count). The molecule has 2 saturated carbocycles. The van der Waals surface area contributed by atoms with Gasteiger partial charge in [-0.25, -0.2) is 0 Å². The Morgan fingerprint density at radius 1 is 1.08 bits per heavy atom. The van der Waals surface area contributed by atoms with E-state index in [1.165, 1.54) is 68.8 Å². The van der Waals surface area contributed by atoms with Gasteiger partial charge in [-0.3, -0.25) is 14.5 Å². The molecule has 5 atom stereocenters. The molecule has 1 aromatic heterocycles. The van der Waals surface area contributed by atoms with Gasteiger partial charge >= 0.3 is 0 Å². The van der Waals surface area contributed by atoms with E-state index in [0.717, 1.165) is 31.7 Å². The van der Waals surface area contributed by atoms with Crippen LogP contribution in [0.25, 0.3) is 0 Å². The van der Waals surface area contributed by atoms with Crippen molar-refractivity contribution in [3.05, 3.63) is 63.6 Å². The van der Waals surface area contributed by atoms with E-state index in [-0.39, 0.29) is 17.5 Å². The normalized spacial score (nSPS) is 32.6. The fraction of sp³-hybridized carbons (Fsp3) is 0.625. The molecule has 6 heteroatoms. The van der Waals surface area contributed by atoms with Crippen molar-refractivity contribution in [2.45, 2.75) is 83.3 Å². The third-order valence-corrected chi connectivity index (χ3v) is 10.9. The molecule has 1 aromatic carbocycles. The van der Waals surface area contributed by atoms with Crippen molar-refractivity contribution in [2.75, 3.05) is 19.6 Å². The van der Waals surface area contributed by atoms with Crippen LogP contribution < -0.4 is 5.56 Å². The topological polar surface area (TPSA) is 65.8 Å². The fourth-order valence-corrected chi connectivity index (χ4v) is 8.85. The number of aryl methyl sites for hydroxylation is 1. The number of nitrogens with zero attached hydrogens (tertiary/aromatic N) is 3. The Morgan fingerprint density at radius 2 is 1.95 bits per heavy atom. The number of hydrogen-bond acceptors (Lipinski definition) is 4. The average molecular weight is 516 g/mol. The number of aromatic hydroxyl groups is 1. The lowest BCUT2D eigenvalue weighted by atomic mass is 9.64. The predicted octanol–water partition coefficient (Wildman–Crippen LogP) is 4.47. The molecule has 2 saturated heterocycles. The van der Waals surface area contributed by atoms with Crippen molar-refractivity contribution >= 4 is 5.91 Å². The molecule has 4 bridgehead atoms. The Kier molecular flexibility index (Phi) is 5.95. The number of phenolic OH excluding ortho intramolecular Hbond substituents is 1. The molecule has 2 aromatic rings. The summed E-state index contributed by atoms with van der Waals surface area (Å²) in [5, 5.41) is 10.5. The van der Waals surface area contributed by atoms with Crippen LogP contribution >= 0.6 is 0 Å². The Hall–Kier alpha value is -2.60. The van der Waals surface area contributed by atoms with Crippen molar-refractivity contribution in [1.29, 1.82) is 0 Å². The summed E-state index contributed by atoms with van der Waals surface area (Å²) < 4.78 is 1.63. The lowest BCUT2D eigenvalue weighted by Crippen LogP contribution is -2.55. The summed E-state index contributed by atoms with van der Waals surface area (Å²) >= 11 is 0. The van der Waals surface area contributed by atoms with E-state index in [2.05, 4.69) is 15.9 Å². The van der Waals surface area contributed by atoms with Crippen LogP contribution in [0, 0.1) is 23.2 Å². The molecule has 202 valence electrons. The number of likely N-dealkylation sites (tertiary alicyclic amines) is 2. The summed E-state index contributed by atoms with van der Waals surface area (Å²) in [6.07, 6.45) is 12.6. The van der Waals surface area contributed by atoms with Gasteiger partial charge < -0.3 is 14.6 Å². The monoisotopic (exact) mass is 515 g/mol. The largest absolute Gasteiger partial charge is 0.508 e. The van der Waals surface area contributed by atoms with Gasteiger partial charge in [0, 0.05) is 44.0 Å². The Labute approximate surface area is 225 Å². The molecule has 4 unspecified atom stereocenters. The highest BCUT2D eigenvalue weighted by Crippen LogP contribution is 2.55. The highest BCUT2D eigenvalue weighted by Gasteiger charge is 2.55. The van der Waals surface area contributed by atoms with Crippen molar-refractivity contribution < 1.29 is 9.90 Å². The van der Waals surface area contributed by atoms with E-state index < -0.39 is 0 Å². The molecule has 2 aliphatic heterocycles. The summed E-state index contributed by atoms with van der Waals surface area (Å²) in [7, 11) is 0. The number of carbonyl (C=O) groups excluding carboxylic acids is 1. The second-order valence-electron chi connectivity index (χ2n) is 13.0. The number of rotatable bonds is 4. The van der Waals surface area contributed by atoms with E-state index in [1.807, 2.05) is 19.1 Å².